The number of hydrogen-bond donors (Lipinski definition) is 4. The Morgan fingerprint density at radius 3 is 2.34 bits per heavy atom. The SMILES string of the molecule is Cc1ccc(CNc2nc(NCCOCCOCCN)nc(Nc3ccc4c(c3)OCO4)n2)cc1. The van der Waals surface area contributed by atoms with E-state index in [-0.39, 0.29) is 6.79 Å². The standard InChI is InChI=1S/C24H31N7O4/c1-17-2-4-18(5-3-17)15-27-23-29-22(26-9-11-33-13-12-32-10-8-25)30-24(31-23)28-19-6-7-20-21(14-19)35-16-34-20/h2-7,14H,8-13,15-16,25H2,1H3,(H3,26,27,28,29,30,31). The molecular formula is C24H31N7O4. The summed E-state index contributed by atoms with van der Waals surface area (Å²) < 4.78 is 21.7. The van der Waals surface area contributed by atoms with Crippen molar-refractivity contribution in [1.82, 2.24) is 15.0 Å². The normalized spacial score (nSPS) is 11.9. The van der Waals surface area contributed by atoms with Crippen molar-refractivity contribution in [2.75, 3.05) is 62.3 Å². The summed E-state index contributed by atoms with van der Waals surface area (Å²) in [6, 6.07) is 13.9. The lowest BCUT2D eigenvalue weighted by Gasteiger charge is -2.12. The van der Waals surface area contributed by atoms with Crippen molar-refractivity contribution in [2.45, 2.75) is 13.5 Å². The van der Waals surface area contributed by atoms with E-state index in [0.717, 1.165) is 11.3 Å². The first-order valence-corrected chi connectivity index (χ1v) is 11.5. The van der Waals surface area contributed by atoms with Crippen LogP contribution in [0.3, 0.4) is 0 Å². The predicted molar refractivity (Wildman–Crippen MR) is 133 cm³/mol. The van der Waals surface area contributed by atoms with E-state index in [1.807, 2.05) is 18.2 Å². The molecule has 0 fully saturated rings. The fraction of sp³-hybridized carbons (Fsp3) is 0.375. The van der Waals surface area contributed by atoms with Crippen molar-refractivity contribution in [3.8, 4) is 11.5 Å². The lowest BCUT2D eigenvalue weighted by molar-refractivity contribution is 0.0547. The van der Waals surface area contributed by atoms with Crippen LogP contribution in [0.2, 0.25) is 0 Å². The van der Waals surface area contributed by atoms with Crippen molar-refractivity contribution < 1.29 is 18.9 Å². The molecule has 0 atom stereocenters. The second-order valence-electron chi connectivity index (χ2n) is 7.78. The minimum atomic E-state index is 0.215. The molecule has 0 radical (unpaired) electrons. The molecule has 35 heavy (non-hydrogen) atoms. The molecule has 186 valence electrons. The van der Waals surface area contributed by atoms with Crippen molar-refractivity contribution in [2.24, 2.45) is 5.73 Å². The van der Waals surface area contributed by atoms with Crippen molar-refractivity contribution in [3.05, 3.63) is 53.6 Å². The summed E-state index contributed by atoms with van der Waals surface area (Å²) in [6.45, 7) is 5.92. The first-order valence-electron chi connectivity index (χ1n) is 11.5. The number of ether oxygens (including phenoxy) is 4. The maximum absolute atomic E-state index is 5.56. The molecule has 1 aliphatic heterocycles. The first-order chi connectivity index (χ1) is 17.2. The van der Waals surface area contributed by atoms with E-state index in [1.54, 1.807) is 0 Å². The summed E-state index contributed by atoms with van der Waals surface area (Å²) in [6.07, 6.45) is 0. The van der Waals surface area contributed by atoms with Gasteiger partial charge < -0.3 is 40.6 Å². The summed E-state index contributed by atoms with van der Waals surface area (Å²) in [5.74, 6) is 2.65. The summed E-state index contributed by atoms with van der Waals surface area (Å²) >= 11 is 0. The molecule has 2 aromatic carbocycles. The Balaban J connectivity index is 1.39. The molecule has 0 saturated heterocycles. The van der Waals surface area contributed by atoms with Crippen LogP contribution in [-0.4, -0.2) is 61.3 Å². The van der Waals surface area contributed by atoms with Gasteiger partial charge in [-0.25, -0.2) is 0 Å². The minimum Gasteiger partial charge on any atom is -0.454 e. The van der Waals surface area contributed by atoms with E-state index in [0.29, 0.717) is 75.4 Å². The fourth-order valence-corrected chi connectivity index (χ4v) is 3.22. The summed E-state index contributed by atoms with van der Waals surface area (Å²) in [5, 5.41) is 9.68. The van der Waals surface area contributed by atoms with Gasteiger partial charge in [-0.15, -0.1) is 0 Å². The second kappa shape index (κ2) is 12.7. The Labute approximate surface area is 204 Å². The third-order valence-corrected chi connectivity index (χ3v) is 5.00. The lowest BCUT2D eigenvalue weighted by Crippen LogP contribution is -2.17. The number of aromatic nitrogens is 3. The summed E-state index contributed by atoms with van der Waals surface area (Å²) in [7, 11) is 0. The van der Waals surface area contributed by atoms with Gasteiger partial charge in [0.15, 0.2) is 11.5 Å². The molecule has 0 saturated carbocycles. The highest BCUT2D eigenvalue weighted by atomic mass is 16.7. The van der Waals surface area contributed by atoms with Gasteiger partial charge in [0.25, 0.3) is 0 Å². The zero-order chi connectivity index (χ0) is 24.3. The monoisotopic (exact) mass is 481 g/mol. The number of anilines is 4. The van der Waals surface area contributed by atoms with Crippen LogP contribution in [0.5, 0.6) is 11.5 Å². The maximum atomic E-state index is 5.56. The van der Waals surface area contributed by atoms with Crippen LogP contribution in [0.25, 0.3) is 0 Å². The molecule has 4 rings (SSSR count). The van der Waals surface area contributed by atoms with Gasteiger partial charge in [0.05, 0.1) is 26.4 Å². The fourth-order valence-electron chi connectivity index (χ4n) is 3.22. The van der Waals surface area contributed by atoms with E-state index < -0.39 is 0 Å². The van der Waals surface area contributed by atoms with Gasteiger partial charge in [-0.2, -0.15) is 15.0 Å². The minimum absolute atomic E-state index is 0.215. The molecule has 0 aliphatic carbocycles. The molecule has 5 N–H and O–H groups in total. The quantitative estimate of drug-likeness (QED) is 0.253. The Hall–Kier alpha value is -3.67. The van der Waals surface area contributed by atoms with Crippen LogP contribution >= 0.6 is 0 Å². The highest BCUT2D eigenvalue weighted by molar-refractivity contribution is 5.61. The van der Waals surface area contributed by atoms with E-state index in [9.17, 15) is 0 Å². The van der Waals surface area contributed by atoms with Gasteiger partial charge in [-0.3, -0.25) is 0 Å². The van der Waals surface area contributed by atoms with Crippen molar-refractivity contribution in [3.63, 3.8) is 0 Å². The molecule has 2 heterocycles. The van der Waals surface area contributed by atoms with Gasteiger partial charge in [-0.1, -0.05) is 29.8 Å². The van der Waals surface area contributed by atoms with Crippen LogP contribution in [-0.2, 0) is 16.0 Å². The van der Waals surface area contributed by atoms with Gasteiger partial charge >= 0.3 is 0 Å². The average Bonchev–Trinajstić information content (AvgIpc) is 3.33. The zero-order valence-corrected chi connectivity index (χ0v) is 19.8. The topological polar surface area (TPSA) is 138 Å². The zero-order valence-electron chi connectivity index (χ0n) is 19.8. The largest absolute Gasteiger partial charge is 0.454 e. The number of aryl methyl sites for hydroxylation is 1. The molecule has 0 amide bonds. The highest BCUT2D eigenvalue weighted by Crippen LogP contribution is 2.34. The number of fused-ring (bicyclic) bond motifs is 1. The van der Waals surface area contributed by atoms with E-state index in [4.69, 9.17) is 24.7 Å². The number of nitrogens with zero attached hydrogens (tertiary/aromatic N) is 3. The van der Waals surface area contributed by atoms with Gasteiger partial charge in [0.2, 0.25) is 24.6 Å². The molecule has 3 aromatic rings. The van der Waals surface area contributed by atoms with Crippen LogP contribution in [0.4, 0.5) is 23.5 Å². The van der Waals surface area contributed by atoms with Crippen molar-refractivity contribution >= 4 is 23.5 Å². The molecular weight excluding hydrogens is 450 g/mol. The average molecular weight is 482 g/mol. The smallest absolute Gasteiger partial charge is 0.233 e. The Bertz CT molecular complexity index is 1080. The lowest BCUT2D eigenvalue weighted by atomic mass is 10.1. The van der Waals surface area contributed by atoms with Crippen LogP contribution < -0.4 is 31.2 Å². The van der Waals surface area contributed by atoms with Crippen molar-refractivity contribution in [1.29, 1.82) is 0 Å². The van der Waals surface area contributed by atoms with E-state index in [1.165, 1.54) is 5.56 Å². The number of hydrogen-bond acceptors (Lipinski definition) is 11. The van der Waals surface area contributed by atoms with Crippen LogP contribution in [0, 0.1) is 6.92 Å². The summed E-state index contributed by atoms with van der Waals surface area (Å²) in [5.41, 5.74) is 8.51. The number of nitrogens with one attached hydrogen (secondary N) is 3. The Kier molecular flexibility index (Phi) is 8.87. The number of nitrogens with two attached hydrogens (primary N) is 1. The molecule has 0 bridgehead atoms. The molecule has 11 nitrogen and oxygen atoms in total. The maximum Gasteiger partial charge on any atom is 0.233 e. The van der Waals surface area contributed by atoms with E-state index >= 15 is 0 Å². The Morgan fingerprint density at radius 1 is 0.829 bits per heavy atom. The molecule has 0 unspecified atom stereocenters. The highest BCUT2D eigenvalue weighted by Gasteiger charge is 2.14. The third kappa shape index (κ3) is 7.67. The summed E-state index contributed by atoms with van der Waals surface area (Å²) in [4.78, 5) is 13.5. The van der Waals surface area contributed by atoms with E-state index in [2.05, 4.69) is 62.1 Å². The molecule has 11 heteroatoms. The Morgan fingerprint density at radius 2 is 1.54 bits per heavy atom. The number of rotatable bonds is 14. The first kappa shape index (κ1) is 24.5. The molecule has 1 aromatic heterocycles. The molecule has 0 spiro atoms. The second-order valence-corrected chi connectivity index (χ2v) is 7.78. The van der Waals surface area contributed by atoms with Crippen LogP contribution in [0.15, 0.2) is 42.5 Å². The predicted octanol–water partition coefficient (Wildman–Crippen LogP) is 2.67. The third-order valence-electron chi connectivity index (χ3n) is 5.00. The number of benzene rings is 2. The van der Waals surface area contributed by atoms with Gasteiger partial charge in [-0.05, 0) is 24.6 Å². The van der Waals surface area contributed by atoms with Gasteiger partial charge in [0.1, 0.15) is 0 Å². The van der Waals surface area contributed by atoms with Crippen LogP contribution in [0.1, 0.15) is 11.1 Å². The van der Waals surface area contributed by atoms with Gasteiger partial charge in [0, 0.05) is 31.4 Å². The molecule has 1 aliphatic rings.